The van der Waals surface area contributed by atoms with Crippen LogP contribution >= 0.6 is 11.6 Å². The summed E-state index contributed by atoms with van der Waals surface area (Å²) < 4.78 is 0. The molecule has 0 radical (unpaired) electrons. The van der Waals surface area contributed by atoms with E-state index >= 15 is 0 Å². The minimum Gasteiger partial charge on any atom is -0.481 e. The van der Waals surface area contributed by atoms with E-state index in [1.165, 1.54) is 26.0 Å². The molecule has 0 unspecified atom stereocenters. The number of halogens is 1. The van der Waals surface area contributed by atoms with Gasteiger partial charge in [-0.1, -0.05) is 74.0 Å². The molecule has 2 aromatic carbocycles. The first-order valence-electron chi connectivity index (χ1n) is 19.7. The van der Waals surface area contributed by atoms with E-state index in [0.29, 0.717) is 11.1 Å². The molecule has 2 rings (SSSR count). The van der Waals surface area contributed by atoms with Gasteiger partial charge in [-0.05, 0) is 43.4 Å². The lowest BCUT2D eigenvalue weighted by molar-refractivity contribution is -0.143. The van der Waals surface area contributed by atoms with Crippen LogP contribution in [0.25, 0.3) is 0 Å². The zero-order valence-corrected chi connectivity index (χ0v) is 35.9. The summed E-state index contributed by atoms with van der Waals surface area (Å²) in [6, 6.07) is 3.60. The number of carboxylic acids is 3. The predicted molar refractivity (Wildman–Crippen MR) is 223 cm³/mol. The second-order valence-electron chi connectivity index (χ2n) is 15.1. The largest absolute Gasteiger partial charge is 0.481 e. The van der Waals surface area contributed by atoms with Crippen LogP contribution in [0.1, 0.15) is 65.0 Å². The maximum atomic E-state index is 13.6. The van der Waals surface area contributed by atoms with Crippen LogP contribution in [0.3, 0.4) is 0 Å². The molecule has 0 fully saturated rings. The van der Waals surface area contributed by atoms with Crippen molar-refractivity contribution in [3.05, 3.63) is 70.7 Å². The van der Waals surface area contributed by atoms with E-state index in [2.05, 4.69) is 37.2 Å². The molecular weight excluding hydrogens is 850 g/mol. The molecule has 21 nitrogen and oxygen atoms in total. The van der Waals surface area contributed by atoms with Crippen molar-refractivity contribution in [2.24, 2.45) is 5.92 Å². The van der Waals surface area contributed by atoms with E-state index in [-0.39, 0.29) is 30.2 Å². The third-order valence-corrected chi connectivity index (χ3v) is 9.52. The molecule has 11 N–H and O–H groups in total. The number of hydrogen-bond donors (Lipinski definition) is 11. The first kappa shape index (κ1) is 52.5. The molecule has 0 bridgehead atoms. The number of nitrogens with one attached hydrogen (secondary N) is 7. The molecule has 0 aliphatic heterocycles. The Bertz CT molecular complexity index is 1980. The Labute approximate surface area is 367 Å². The number of carbonyl (C=O) groups is 10. The molecule has 0 aromatic heterocycles. The lowest BCUT2D eigenvalue weighted by Gasteiger charge is -2.28. The van der Waals surface area contributed by atoms with Crippen molar-refractivity contribution >= 4 is 70.9 Å². The van der Waals surface area contributed by atoms with Crippen LogP contribution in [0.4, 0.5) is 0 Å². The Morgan fingerprint density at radius 2 is 1.02 bits per heavy atom. The average molecular weight is 904 g/mol. The first-order valence-corrected chi connectivity index (χ1v) is 20.1. The number of aliphatic hydroxyl groups is 1. The smallest absolute Gasteiger partial charge is 0.326 e. The van der Waals surface area contributed by atoms with Crippen molar-refractivity contribution in [3.63, 3.8) is 0 Å². The standard InChI is InChI=1S/C41H54ClN7O14/c1-20(2)15-27(47-40(61)34(22(4)50)49-39(60)28(44-23(5)51)16-24-11-7-6-8-12-24)37(58)46-29(18-32(52)53)36(57)43-21(3)35(56)45-30(19-33(54)55)38(59)48-31(41(62)63)17-25-13-9-10-14-26(25)42/h6-14,20-22,27-31,34,50H,15-19H2,1-5H3,(H,43,57)(H,44,51)(H,45,56)(H,46,58)(H,47,61)(H,48,59)(H,49,60)(H,52,53)(H,54,55)(H,62,63)/t21-,22+,27-,28-,29-,30-,31-,34-/m0/s1. The van der Waals surface area contributed by atoms with Crippen LogP contribution in [-0.4, -0.2) is 128 Å². The Balaban J connectivity index is 2.22. The number of benzene rings is 2. The summed E-state index contributed by atoms with van der Waals surface area (Å²) in [5.41, 5.74) is 1.03. The summed E-state index contributed by atoms with van der Waals surface area (Å²) >= 11 is 6.12. The molecule has 0 saturated heterocycles. The molecule has 63 heavy (non-hydrogen) atoms. The Morgan fingerprint density at radius 3 is 1.52 bits per heavy atom. The van der Waals surface area contributed by atoms with Crippen LogP contribution < -0.4 is 37.2 Å². The predicted octanol–water partition coefficient (Wildman–Crippen LogP) is -0.980. The van der Waals surface area contributed by atoms with Gasteiger partial charge in [-0.25, -0.2) is 4.79 Å². The maximum absolute atomic E-state index is 13.6. The summed E-state index contributed by atoms with van der Waals surface area (Å²) in [5, 5.41) is 55.5. The summed E-state index contributed by atoms with van der Waals surface area (Å²) in [6.45, 7) is 6.85. The van der Waals surface area contributed by atoms with Gasteiger partial charge < -0.3 is 57.6 Å². The van der Waals surface area contributed by atoms with Crippen LogP contribution in [0.15, 0.2) is 54.6 Å². The number of aliphatic carboxylic acids is 3. The molecule has 0 heterocycles. The molecule has 0 aliphatic rings. The van der Waals surface area contributed by atoms with Crippen molar-refractivity contribution in [3.8, 4) is 0 Å². The molecule has 2 aromatic rings. The van der Waals surface area contributed by atoms with E-state index in [9.17, 15) is 68.4 Å². The van der Waals surface area contributed by atoms with Crippen molar-refractivity contribution < 1.29 is 68.4 Å². The first-order chi connectivity index (χ1) is 29.5. The fourth-order valence-corrected chi connectivity index (χ4v) is 6.21. The minimum atomic E-state index is -1.88. The second kappa shape index (κ2) is 25.4. The highest BCUT2D eigenvalue weighted by Gasteiger charge is 2.36. The number of carboxylic acid groups (broad SMARTS) is 3. The lowest BCUT2D eigenvalue weighted by Crippen LogP contribution is -2.61. The van der Waals surface area contributed by atoms with Crippen LogP contribution in [0, 0.1) is 5.92 Å². The van der Waals surface area contributed by atoms with Gasteiger partial charge >= 0.3 is 17.9 Å². The molecule has 0 spiro atoms. The summed E-state index contributed by atoms with van der Waals surface area (Å²) in [4.78, 5) is 128. The van der Waals surface area contributed by atoms with Gasteiger partial charge in [0, 0.05) is 24.8 Å². The quantitative estimate of drug-likeness (QED) is 0.0571. The van der Waals surface area contributed by atoms with Crippen molar-refractivity contribution in [1.82, 2.24) is 37.2 Å². The Morgan fingerprint density at radius 1 is 0.540 bits per heavy atom. The highest BCUT2D eigenvalue weighted by Crippen LogP contribution is 2.17. The molecule has 8 atom stereocenters. The maximum Gasteiger partial charge on any atom is 0.326 e. The fourth-order valence-electron chi connectivity index (χ4n) is 6.00. The Kier molecular flexibility index (Phi) is 21.1. The van der Waals surface area contributed by atoms with Gasteiger partial charge in [-0.3, -0.25) is 43.2 Å². The molecule has 7 amide bonds. The highest BCUT2D eigenvalue weighted by molar-refractivity contribution is 6.31. The van der Waals surface area contributed by atoms with E-state index in [1.807, 2.05) is 0 Å². The van der Waals surface area contributed by atoms with E-state index < -0.39 is 120 Å². The third kappa shape index (κ3) is 18.5. The third-order valence-electron chi connectivity index (χ3n) is 9.15. The lowest BCUT2D eigenvalue weighted by atomic mass is 10.0. The van der Waals surface area contributed by atoms with Crippen LogP contribution in [0.5, 0.6) is 0 Å². The number of aliphatic hydroxyl groups excluding tert-OH is 1. The number of rotatable bonds is 25. The monoisotopic (exact) mass is 903 g/mol. The summed E-state index contributed by atoms with van der Waals surface area (Å²) in [5.74, 6) is -12.0. The molecular formula is C41H54ClN7O14. The molecule has 22 heteroatoms. The number of hydrogen-bond acceptors (Lipinski definition) is 11. The van der Waals surface area contributed by atoms with E-state index in [4.69, 9.17) is 11.6 Å². The highest BCUT2D eigenvalue weighted by atomic mass is 35.5. The van der Waals surface area contributed by atoms with Gasteiger partial charge in [0.2, 0.25) is 41.4 Å². The van der Waals surface area contributed by atoms with Crippen molar-refractivity contribution in [1.29, 1.82) is 0 Å². The minimum absolute atomic E-state index is 0.0306. The summed E-state index contributed by atoms with van der Waals surface area (Å²) in [6.07, 6.45) is -3.93. The van der Waals surface area contributed by atoms with Crippen LogP contribution in [-0.2, 0) is 60.8 Å². The number of carbonyl (C=O) groups excluding carboxylic acids is 7. The van der Waals surface area contributed by atoms with Gasteiger partial charge in [0.15, 0.2) is 0 Å². The topological polar surface area (TPSA) is 336 Å². The van der Waals surface area contributed by atoms with Gasteiger partial charge in [0.1, 0.15) is 42.3 Å². The van der Waals surface area contributed by atoms with Gasteiger partial charge in [-0.15, -0.1) is 0 Å². The van der Waals surface area contributed by atoms with Gasteiger partial charge in [0.05, 0.1) is 18.9 Å². The fraction of sp³-hybridized carbons (Fsp3) is 0.463. The van der Waals surface area contributed by atoms with Crippen LogP contribution in [0.2, 0.25) is 5.02 Å². The van der Waals surface area contributed by atoms with Crippen molar-refractivity contribution in [2.45, 2.75) is 115 Å². The normalized spacial score (nSPS) is 14.7. The van der Waals surface area contributed by atoms with Gasteiger partial charge in [-0.2, -0.15) is 0 Å². The average Bonchev–Trinajstić information content (AvgIpc) is 3.18. The molecule has 0 saturated carbocycles. The SMILES string of the molecule is CC(=O)N[C@@H](Cc1ccccc1)C(=O)N[C@H](C(=O)N[C@@H](CC(C)C)C(=O)N[C@@H](CC(=O)O)C(=O)N[C@@H](C)C(=O)N[C@@H](CC(=O)O)C(=O)N[C@@H](Cc1ccccc1Cl)C(=O)O)[C@@H](C)O. The second-order valence-corrected chi connectivity index (χ2v) is 15.5. The molecule has 0 aliphatic carbocycles. The zero-order valence-electron chi connectivity index (χ0n) is 35.2. The number of amides is 7. The molecule has 344 valence electrons. The Hall–Kier alpha value is -6.61. The zero-order chi connectivity index (χ0) is 47.6. The van der Waals surface area contributed by atoms with E-state index in [0.717, 1.165) is 6.92 Å². The van der Waals surface area contributed by atoms with Gasteiger partial charge in [0.25, 0.3) is 0 Å². The van der Waals surface area contributed by atoms with E-state index in [1.54, 1.807) is 56.3 Å². The summed E-state index contributed by atoms with van der Waals surface area (Å²) in [7, 11) is 0. The van der Waals surface area contributed by atoms with Crippen molar-refractivity contribution in [2.75, 3.05) is 0 Å².